The van der Waals surface area contributed by atoms with Gasteiger partial charge >= 0.3 is 5.97 Å². The summed E-state index contributed by atoms with van der Waals surface area (Å²) in [6.45, 7) is 1.99. The summed E-state index contributed by atoms with van der Waals surface area (Å²) in [6, 6.07) is 22.8. The van der Waals surface area contributed by atoms with Crippen molar-refractivity contribution in [3.05, 3.63) is 111 Å². The zero-order chi connectivity index (χ0) is 29.8. The van der Waals surface area contributed by atoms with E-state index in [2.05, 4.69) is 15.5 Å². The van der Waals surface area contributed by atoms with Crippen molar-refractivity contribution in [2.45, 2.75) is 6.92 Å². The molecule has 0 saturated heterocycles. The van der Waals surface area contributed by atoms with E-state index in [1.165, 1.54) is 26.5 Å². The number of nitrogens with zero attached hydrogens (tertiary/aromatic N) is 1. The monoisotopic (exact) mass is 601 g/mol. The molecule has 1 amide bonds. The maximum atomic E-state index is 13.3. The predicted octanol–water partition coefficient (Wildman–Crippen LogP) is 7.45. The number of aromatic amines is 1. The van der Waals surface area contributed by atoms with Crippen LogP contribution in [0.25, 0.3) is 22.0 Å². The van der Waals surface area contributed by atoms with Crippen LogP contribution >= 0.6 is 23.2 Å². The zero-order valence-electron chi connectivity index (χ0n) is 22.8. The van der Waals surface area contributed by atoms with Crippen LogP contribution < -0.4 is 19.6 Å². The van der Waals surface area contributed by atoms with E-state index in [9.17, 15) is 9.59 Å². The molecular weight excluding hydrogens is 577 g/mol. The van der Waals surface area contributed by atoms with Crippen molar-refractivity contribution in [3.63, 3.8) is 0 Å². The number of rotatable bonds is 8. The van der Waals surface area contributed by atoms with Gasteiger partial charge in [0.15, 0.2) is 11.5 Å². The number of carbonyl (C=O) groups is 2. The molecule has 5 aromatic rings. The number of halogens is 2. The molecule has 0 bridgehead atoms. The lowest BCUT2D eigenvalue weighted by Crippen LogP contribution is -2.19. The van der Waals surface area contributed by atoms with Crippen molar-refractivity contribution >= 4 is 52.2 Å². The molecule has 0 unspecified atom stereocenters. The van der Waals surface area contributed by atoms with Gasteiger partial charge in [0.1, 0.15) is 17.0 Å². The van der Waals surface area contributed by atoms with Gasteiger partial charge in [-0.2, -0.15) is 5.10 Å². The second-order valence-corrected chi connectivity index (χ2v) is 10.1. The molecule has 0 aliphatic rings. The summed E-state index contributed by atoms with van der Waals surface area (Å²) >= 11 is 12.6. The number of hydrogen-bond donors (Lipinski definition) is 2. The Hall–Kier alpha value is -4.79. The molecule has 10 heteroatoms. The second-order valence-electron chi connectivity index (χ2n) is 9.25. The van der Waals surface area contributed by atoms with Crippen LogP contribution in [-0.2, 0) is 0 Å². The molecule has 4 aromatic carbocycles. The van der Waals surface area contributed by atoms with Crippen molar-refractivity contribution in [3.8, 4) is 28.4 Å². The van der Waals surface area contributed by atoms with Gasteiger partial charge < -0.3 is 19.2 Å². The Kier molecular flexibility index (Phi) is 8.47. The molecule has 212 valence electrons. The van der Waals surface area contributed by atoms with Gasteiger partial charge in [-0.05, 0) is 67.1 Å². The number of nitrogens with one attached hydrogen (secondary N) is 2. The van der Waals surface area contributed by atoms with Crippen LogP contribution in [0.3, 0.4) is 0 Å². The maximum absolute atomic E-state index is 13.3. The number of amides is 1. The van der Waals surface area contributed by atoms with E-state index >= 15 is 0 Å². The highest BCUT2D eigenvalue weighted by molar-refractivity contribution is 6.34. The number of ether oxygens (including phenoxy) is 3. The van der Waals surface area contributed by atoms with Gasteiger partial charge in [0, 0.05) is 32.1 Å². The molecule has 1 heterocycles. The largest absolute Gasteiger partial charge is 0.496 e. The third-order valence-corrected chi connectivity index (χ3v) is 7.04. The molecule has 2 N–H and O–H groups in total. The standard InChI is InChI=1S/C32H25Cl2N3O5/c1-18-8-11-25-22(14-18)29(21-6-4-5-7-24(21)34)30(36-25)31(38)37-35-17-19-9-12-27(28(15-19)41-3)42-32(39)23-16-20(33)10-13-26(23)40-2/h4-17,36H,1-3H3,(H,37,38). The first-order valence-corrected chi connectivity index (χ1v) is 13.5. The highest BCUT2D eigenvalue weighted by Crippen LogP contribution is 2.37. The number of benzene rings is 4. The number of esters is 1. The lowest BCUT2D eigenvalue weighted by Gasteiger charge is -2.12. The summed E-state index contributed by atoms with van der Waals surface area (Å²) in [5, 5.41) is 5.91. The molecule has 42 heavy (non-hydrogen) atoms. The fourth-order valence-electron chi connectivity index (χ4n) is 4.48. The smallest absolute Gasteiger partial charge is 0.347 e. The van der Waals surface area contributed by atoms with Gasteiger partial charge in [-0.25, -0.2) is 10.2 Å². The number of carbonyl (C=O) groups excluding carboxylic acids is 2. The van der Waals surface area contributed by atoms with Crippen LogP contribution in [-0.4, -0.2) is 37.3 Å². The van der Waals surface area contributed by atoms with Gasteiger partial charge in [0.2, 0.25) is 0 Å². The van der Waals surface area contributed by atoms with Crippen LogP contribution in [0.2, 0.25) is 10.0 Å². The van der Waals surface area contributed by atoms with Crippen molar-refractivity contribution < 1.29 is 23.8 Å². The third kappa shape index (κ3) is 5.95. The minimum Gasteiger partial charge on any atom is -0.496 e. The summed E-state index contributed by atoms with van der Waals surface area (Å²) in [7, 11) is 2.90. The average Bonchev–Trinajstić information content (AvgIpc) is 3.36. The minimum atomic E-state index is -0.663. The Balaban J connectivity index is 1.37. The number of fused-ring (bicyclic) bond motifs is 1. The quantitative estimate of drug-likeness (QED) is 0.0832. The normalized spacial score (nSPS) is 11.1. The van der Waals surface area contributed by atoms with Gasteiger partial charge in [0.05, 0.1) is 20.4 Å². The molecular formula is C32H25Cl2N3O5. The van der Waals surface area contributed by atoms with E-state index in [4.69, 9.17) is 37.4 Å². The van der Waals surface area contributed by atoms with Gasteiger partial charge in [-0.1, -0.05) is 53.0 Å². The molecule has 0 atom stereocenters. The Bertz CT molecular complexity index is 1850. The topological polar surface area (TPSA) is 102 Å². The predicted molar refractivity (Wildman–Crippen MR) is 164 cm³/mol. The van der Waals surface area contributed by atoms with Crippen LogP contribution in [0.4, 0.5) is 0 Å². The van der Waals surface area contributed by atoms with E-state index in [0.717, 1.165) is 22.0 Å². The molecule has 0 radical (unpaired) electrons. The van der Waals surface area contributed by atoms with Gasteiger partial charge in [-0.3, -0.25) is 4.79 Å². The molecule has 0 aliphatic heterocycles. The third-order valence-electron chi connectivity index (χ3n) is 6.48. The molecule has 1 aromatic heterocycles. The number of aromatic nitrogens is 1. The van der Waals surface area contributed by atoms with Crippen LogP contribution in [0, 0.1) is 6.92 Å². The zero-order valence-corrected chi connectivity index (χ0v) is 24.3. The summed E-state index contributed by atoms with van der Waals surface area (Å²) in [6.07, 6.45) is 1.45. The summed E-state index contributed by atoms with van der Waals surface area (Å²) in [5.41, 5.74) is 6.94. The molecule has 8 nitrogen and oxygen atoms in total. The fraction of sp³-hybridized carbons (Fsp3) is 0.0938. The SMILES string of the molecule is COc1cc(C=NNC(=O)c2[nH]c3ccc(C)cc3c2-c2ccccc2Cl)ccc1OC(=O)c1cc(Cl)ccc1OC. The lowest BCUT2D eigenvalue weighted by molar-refractivity contribution is 0.0726. The Morgan fingerprint density at radius 3 is 2.40 bits per heavy atom. The van der Waals surface area contributed by atoms with E-state index in [1.54, 1.807) is 36.4 Å². The highest BCUT2D eigenvalue weighted by atomic mass is 35.5. The number of hydrazone groups is 1. The van der Waals surface area contributed by atoms with Crippen LogP contribution in [0.15, 0.2) is 84.0 Å². The van der Waals surface area contributed by atoms with Crippen LogP contribution in [0.5, 0.6) is 17.2 Å². The molecule has 0 fully saturated rings. The van der Waals surface area contributed by atoms with Crippen molar-refractivity contribution in [2.75, 3.05) is 14.2 Å². The maximum Gasteiger partial charge on any atom is 0.347 e. The van der Waals surface area contributed by atoms with E-state index in [0.29, 0.717) is 32.6 Å². The first-order chi connectivity index (χ1) is 20.3. The van der Waals surface area contributed by atoms with E-state index in [-0.39, 0.29) is 17.1 Å². The summed E-state index contributed by atoms with van der Waals surface area (Å²) in [5.74, 6) is -0.312. The van der Waals surface area contributed by atoms with Crippen LogP contribution in [0.1, 0.15) is 32.0 Å². The molecule has 0 spiro atoms. The van der Waals surface area contributed by atoms with E-state index in [1.807, 2.05) is 43.3 Å². The minimum absolute atomic E-state index is 0.170. The molecule has 5 rings (SSSR count). The first kappa shape index (κ1) is 28.7. The summed E-state index contributed by atoms with van der Waals surface area (Å²) < 4.78 is 16.2. The van der Waals surface area contributed by atoms with Gasteiger partial charge in [0.25, 0.3) is 5.91 Å². The number of hydrogen-bond acceptors (Lipinski definition) is 6. The number of H-pyrrole nitrogens is 1. The van der Waals surface area contributed by atoms with Crippen molar-refractivity contribution in [2.24, 2.45) is 5.10 Å². The number of methoxy groups -OCH3 is 2. The first-order valence-electron chi connectivity index (χ1n) is 12.7. The molecule has 0 saturated carbocycles. The number of aryl methyl sites for hydroxylation is 1. The Labute approximate surface area is 251 Å². The van der Waals surface area contributed by atoms with Crippen molar-refractivity contribution in [1.29, 1.82) is 0 Å². The van der Waals surface area contributed by atoms with Gasteiger partial charge in [-0.15, -0.1) is 0 Å². The fourth-order valence-corrected chi connectivity index (χ4v) is 4.89. The summed E-state index contributed by atoms with van der Waals surface area (Å²) in [4.78, 5) is 29.3. The van der Waals surface area contributed by atoms with E-state index < -0.39 is 11.9 Å². The second kappa shape index (κ2) is 12.4. The Morgan fingerprint density at radius 1 is 0.881 bits per heavy atom. The molecule has 0 aliphatic carbocycles. The average molecular weight is 602 g/mol. The van der Waals surface area contributed by atoms with Crippen molar-refractivity contribution in [1.82, 2.24) is 10.4 Å². The highest BCUT2D eigenvalue weighted by Gasteiger charge is 2.21. The Morgan fingerprint density at radius 2 is 1.64 bits per heavy atom. The lowest BCUT2D eigenvalue weighted by atomic mass is 10.0.